The molecule has 0 aliphatic heterocycles. The van der Waals surface area contributed by atoms with Crippen LogP contribution in [0, 0.1) is 12.8 Å². The summed E-state index contributed by atoms with van der Waals surface area (Å²) in [6.45, 7) is 7.64. The quantitative estimate of drug-likeness (QED) is 0.811. The molecule has 2 N–H and O–H groups in total. The number of carbonyl (C=O) groups is 2. The maximum Gasteiger partial charge on any atom is 0.326 e. The lowest BCUT2D eigenvalue weighted by molar-refractivity contribution is -0.143. The van der Waals surface area contributed by atoms with E-state index in [1.165, 1.54) is 5.56 Å². The molecule has 2 unspecified atom stereocenters. The van der Waals surface area contributed by atoms with E-state index in [4.69, 9.17) is 5.11 Å². The maximum absolute atomic E-state index is 12.1. The fourth-order valence-corrected chi connectivity index (χ4v) is 2.31. The van der Waals surface area contributed by atoms with Crippen molar-refractivity contribution in [3.05, 3.63) is 35.4 Å². The normalized spacial score (nSPS) is 13.8. The van der Waals surface area contributed by atoms with Crippen LogP contribution < -0.4 is 5.32 Å². The Bertz CT molecular complexity index is 479. The van der Waals surface area contributed by atoms with Crippen molar-refractivity contribution in [1.82, 2.24) is 5.32 Å². The van der Waals surface area contributed by atoms with E-state index in [9.17, 15) is 9.59 Å². The highest BCUT2D eigenvalue weighted by atomic mass is 16.4. The Labute approximate surface area is 126 Å². The molecule has 2 atom stereocenters. The maximum atomic E-state index is 12.1. The van der Waals surface area contributed by atoms with Crippen molar-refractivity contribution in [3.63, 3.8) is 0 Å². The van der Waals surface area contributed by atoms with Crippen LogP contribution in [0.1, 0.15) is 50.7 Å². The molecule has 4 heteroatoms. The van der Waals surface area contributed by atoms with Crippen molar-refractivity contribution >= 4 is 11.9 Å². The van der Waals surface area contributed by atoms with Crippen LogP contribution in [0.25, 0.3) is 0 Å². The molecule has 116 valence electrons. The Morgan fingerprint density at radius 2 is 1.76 bits per heavy atom. The van der Waals surface area contributed by atoms with Crippen molar-refractivity contribution in [3.8, 4) is 0 Å². The van der Waals surface area contributed by atoms with Crippen molar-refractivity contribution < 1.29 is 14.7 Å². The fraction of sp³-hybridized carbons (Fsp3) is 0.529. The lowest BCUT2D eigenvalue weighted by Crippen LogP contribution is -2.44. The smallest absolute Gasteiger partial charge is 0.326 e. The third-order valence-corrected chi connectivity index (χ3v) is 3.72. The van der Waals surface area contributed by atoms with Gasteiger partial charge in [-0.2, -0.15) is 0 Å². The lowest BCUT2D eigenvalue weighted by atomic mass is 9.92. The van der Waals surface area contributed by atoms with Gasteiger partial charge in [-0.3, -0.25) is 4.79 Å². The predicted octanol–water partition coefficient (Wildman–Crippen LogP) is 3.10. The summed E-state index contributed by atoms with van der Waals surface area (Å²) in [6.07, 6.45) is 1.16. The molecule has 4 nitrogen and oxygen atoms in total. The SMILES string of the molecule is CCC(CC(=O)NC(C(=O)O)C(C)C)c1ccc(C)cc1. The number of carboxylic acids is 1. The fourth-order valence-electron chi connectivity index (χ4n) is 2.31. The second-order valence-corrected chi connectivity index (χ2v) is 5.85. The van der Waals surface area contributed by atoms with Crippen LogP contribution in [0.4, 0.5) is 0 Å². The molecular formula is C17H25NO3. The lowest BCUT2D eigenvalue weighted by Gasteiger charge is -2.20. The summed E-state index contributed by atoms with van der Waals surface area (Å²) in [4.78, 5) is 23.2. The first kappa shape index (κ1) is 17.2. The van der Waals surface area contributed by atoms with Crippen LogP contribution in [-0.4, -0.2) is 23.0 Å². The summed E-state index contributed by atoms with van der Waals surface area (Å²) < 4.78 is 0. The van der Waals surface area contributed by atoms with Gasteiger partial charge in [-0.05, 0) is 30.7 Å². The molecule has 0 aliphatic rings. The summed E-state index contributed by atoms with van der Waals surface area (Å²) in [6, 6.07) is 7.31. The Kier molecular flexibility index (Phi) is 6.40. The molecule has 0 aromatic heterocycles. The standard InChI is InChI=1S/C17H25NO3/c1-5-13(14-8-6-12(4)7-9-14)10-15(19)18-16(11(2)3)17(20)21/h6-9,11,13,16H,5,10H2,1-4H3,(H,18,19)(H,20,21). The molecule has 0 bridgehead atoms. The van der Waals surface area contributed by atoms with Gasteiger partial charge in [0.2, 0.25) is 5.91 Å². The summed E-state index contributed by atoms with van der Waals surface area (Å²) in [5.41, 5.74) is 2.30. The second kappa shape index (κ2) is 7.81. The molecule has 1 rings (SSSR count). The predicted molar refractivity (Wildman–Crippen MR) is 83.2 cm³/mol. The largest absolute Gasteiger partial charge is 0.480 e. The zero-order valence-corrected chi connectivity index (χ0v) is 13.2. The van der Waals surface area contributed by atoms with Crippen LogP contribution in [0.15, 0.2) is 24.3 Å². The van der Waals surface area contributed by atoms with Gasteiger partial charge >= 0.3 is 5.97 Å². The number of amides is 1. The monoisotopic (exact) mass is 291 g/mol. The highest BCUT2D eigenvalue weighted by molar-refractivity contribution is 5.84. The molecule has 1 amide bonds. The Balaban J connectivity index is 2.70. The number of nitrogens with one attached hydrogen (secondary N) is 1. The van der Waals surface area contributed by atoms with Crippen LogP contribution >= 0.6 is 0 Å². The van der Waals surface area contributed by atoms with E-state index < -0.39 is 12.0 Å². The highest BCUT2D eigenvalue weighted by Gasteiger charge is 2.24. The Morgan fingerprint density at radius 1 is 1.19 bits per heavy atom. The molecule has 0 fully saturated rings. The number of aryl methyl sites for hydroxylation is 1. The average Bonchev–Trinajstić information content (AvgIpc) is 2.42. The zero-order valence-electron chi connectivity index (χ0n) is 13.2. The number of benzene rings is 1. The van der Waals surface area contributed by atoms with Gasteiger partial charge in [0.15, 0.2) is 0 Å². The summed E-state index contributed by atoms with van der Waals surface area (Å²) in [5.74, 6) is -1.21. The average molecular weight is 291 g/mol. The number of hydrogen-bond donors (Lipinski definition) is 2. The highest BCUT2D eigenvalue weighted by Crippen LogP contribution is 2.23. The molecular weight excluding hydrogens is 266 g/mol. The van der Waals surface area contributed by atoms with Gasteiger partial charge in [0, 0.05) is 6.42 Å². The van der Waals surface area contributed by atoms with Gasteiger partial charge < -0.3 is 10.4 Å². The number of rotatable bonds is 7. The first-order valence-electron chi connectivity index (χ1n) is 7.43. The number of carbonyl (C=O) groups excluding carboxylic acids is 1. The van der Waals surface area contributed by atoms with E-state index in [0.717, 1.165) is 12.0 Å². The van der Waals surface area contributed by atoms with Gasteiger partial charge in [-0.1, -0.05) is 50.6 Å². The van der Waals surface area contributed by atoms with Crippen LogP contribution in [0.5, 0.6) is 0 Å². The van der Waals surface area contributed by atoms with E-state index in [1.807, 2.05) is 38.1 Å². The number of carboxylic acid groups (broad SMARTS) is 1. The van der Waals surface area contributed by atoms with E-state index >= 15 is 0 Å². The minimum absolute atomic E-state index is 0.118. The third-order valence-electron chi connectivity index (χ3n) is 3.72. The van der Waals surface area contributed by atoms with Crippen LogP contribution in [0.2, 0.25) is 0 Å². The molecule has 0 spiro atoms. The minimum Gasteiger partial charge on any atom is -0.480 e. The molecule has 0 heterocycles. The van der Waals surface area contributed by atoms with Gasteiger partial charge in [-0.25, -0.2) is 4.79 Å². The number of aliphatic carboxylic acids is 1. The molecule has 21 heavy (non-hydrogen) atoms. The minimum atomic E-state index is -0.985. The Morgan fingerprint density at radius 3 is 2.19 bits per heavy atom. The van der Waals surface area contributed by atoms with E-state index in [1.54, 1.807) is 13.8 Å². The molecule has 1 aromatic carbocycles. The summed E-state index contributed by atoms with van der Waals surface area (Å²) in [5, 5.41) is 11.7. The molecule has 0 saturated carbocycles. The number of hydrogen-bond acceptors (Lipinski definition) is 2. The molecule has 1 aromatic rings. The van der Waals surface area contributed by atoms with Crippen LogP contribution in [0.3, 0.4) is 0 Å². The van der Waals surface area contributed by atoms with Gasteiger partial charge in [0.1, 0.15) is 6.04 Å². The second-order valence-electron chi connectivity index (χ2n) is 5.85. The van der Waals surface area contributed by atoms with E-state index in [0.29, 0.717) is 6.42 Å². The zero-order chi connectivity index (χ0) is 16.0. The van der Waals surface area contributed by atoms with Crippen molar-refractivity contribution in [2.45, 2.75) is 52.5 Å². The van der Waals surface area contributed by atoms with Gasteiger partial charge in [0.25, 0.3) is 0 Å². The first-order valence-corrected chi connectivity index (χ1v) is 7.43. The van der Waals surface area contributed by atoms with Crippen LogP contribution in [-0.2, 0) is 9.59 Å². The van der Waals surface area contributed by atoms with E-state index in [-0.39, 0.29) is 17.7 Å². The molecule has 0 aliphatic carbocycles. The van der Waals surface area contributed by atoms with E-state index in [2.05, 4.69) is 5.32 Å². The Hall–Kier alpha value is -1.84. The molecule has 0 radical (unpaired) electrons. The first-order chi connectivity index (χ1) is 9.85. The summed E-state index contributed by atoms with van der Waals surface area (Å²) >= 11 is 0. The van der Waals surface area contributed by atoms with Crippen molar-refractivity contribution in [1.29, 1.82) is 0 Å². The van der Waals surface area contributed by atoms with Crippen molar-refractivity contribution in [2.24, 2.45) is 5.92 Å². The van der Waals surface area contributed by atoms with Gasteiger partial charge in [-0.15, -0.1) is 0 Å². The summed E-state index contributed by atoms with van der Waals surface area (Å²) in [7, 11) is 0. The van der Waals surface area contributed by atoms with Gasteiger partial charge in [0.05, 0.1) is 0 Å². The van der Waals surface area contributed by atoms with Crippen molar-refractivity contribution in [2.75, 3.05) is 0 Å². The molecule has 0 saturated heterocycles. The third kappa shape index (κ3) is 5.21. The topological polar surface area (TPSA) is 66.4 Å².